The molecule has 2 N–H and O–H groups in total. The molecule has 2 rings (SSSR count). The number of hydrogen-bond acceptors (Lipinski definition) is 4. The van der Waals surface area contributed by atoms with Gasteiger partial charge in [-0.15, -0.1) is 0 Å². The summed E-state index contributed by atoms with van der Waals surface area (Å²) in [5.74, 6) is -0.510. The molecule has 1 atom stereocenters. The van der Waals surface area contributed by atoms with Crippen molar-refractivity contribution in [1.29, 1.82) is 0 Å². The third-order valence-corrected chi connectivity index (χ3v) is 3.13. The Morgan fingerprint density at radius 1 is 1.47 bits per heavy atom. The summed E-state index contributed by atoms with van der Waals surface area (Å²) in [5.41, 5.74) is -0.442. The van der Waals surface area contributed by atoms with E-state index < -0.39 is 23.3 Å². The van der Waals surface area contributed by atoms with E-state index in [1.807, 2.05) is 0 Å². The Kier molecular flexibility index (Phi) is 3.34. The molecule has 0 bridgehead atoms. The number of nitrogens with zero attached hydrogens (tertiary/aromatic N) is 1. The fourth-order valence-corrected chi connectivity index (χ4v) is 1.81. The first kappa shape index (κ1) is 13.6. The van der Waals surface area contributed by atoms with Crippen molar-refractivity contribution in [3.8, 4) is 0 Å². The van der Waals surface area contributed by atoms with E-state index in [0.29, 0.717) is 11.7 Å². The predicted octanol–water partition coefficient (Wildman–Crippen LogP) is 1.78. The normalized spacial score (nSPS) is 17.0. The Morgan fingerprint density at radius 3 is 2.58 bits per heavy atom. The highest BCUT2D eigenvalue weighted by Gasteiger charge is 2.34. The lowest BCUT2D eigenvalue weighted by Crippen LogP contribution is -2.49. The summed E-state index contributed by atoms with van der Waals surface area (Å²) in [6, 6.07) is 0.621. The van der Waals surface area contributed by atoms with E-state index in [1.54, 1.807) is 26.8 Å². The second-order valence-corrected chi connectivity index (χ2v) is 6.00. The van der Waals surface area contributed by atoms with Gasteiger partial charge < -0.3 is 14.9 Å². The molecule has 0 radical (unpaired) electrons. The monoisotopic (exact) mass is 266 g/mol. The molecule has 19 heavy (non-hydrogen) atoms. The zero-order valence-corrected chi connectivity index (χ0v) is 11.3. The van der Waals surface area contributed by atoms with Gasteiger partial charge in [-0.1, -0.05) is 25.9 Å². The lowest BCUT2D eigenvalue weighted by molar-refractivity contribution is -0.142. The predicted molar refractivity (Wildman–Crippen MR) is 66.8 cm³/mol. The Bertz CT molecular complexity index is 497. The fourth-order valence-electron chi connectivity index (χ4n) is 1.81. The first-order chi connectivity index (χ1) is 8.79. The summed E-state index contributed by atoms with van der Waals surface area (Å²) in [6.07, 6.45) is 2.10. The number of carbonyl (C=O) groups is 2. The van der Waals surface area contributed by atoms with Crippen molar-refractivity contribution in [3.05, 3.63) is 17.5 Å². The molecule has 104 valence electrons. The van der Waals surface area contributed by atoms with Crippen LogP contribution in [0.5, 0.6) is 0 Å². The van der Waals surface area contributed by atoms with E-state index in [-0.39, 0.29) is 5.69 Å². The van der Waals surface area contributed by atoms with Gasteiger partial charge in [0.25, 0.3) is 5.91 Å². The number of hydrogen-bond donors (Lipinski definition) is 2. The van der Waals surface area contributed by atoms with Gasteiger partial charge in [0, 0.05) is 12.0 Å². The molecule has 6 nitrogen and oxygen atoms in total. The Morgan fingerprint density at radius 2 is 2.11 bits per heavy atom. The molecular formula is C13H18N2O4. The highest BCUT2D eigenvalue weighted by molar-refractivity contribution is 5.95. The van der Waals surface area contributed by atoms with Crippen LogP contribution >= 0.6 is 0 Å². The van der Waals surface area contributed by atoms with Gasteiger partial charge in [-0.25, -0.2) is 4.79 Å². The fraction of sp³-hybridized carbons (Fsp3) is 0.615. The van der Waals surface area contributed by atoms with Crippen LogP contribution in [0.2, 0.25) is 0 Å². The molecule has 1 aliphatic carbocycles. The molecule has 1 saturated carbocycles. The lowest BCUT2D eigenvalue weighted by atomic mass is 9.86. The van der Waals surface area contributed by atoms with Gasteiger partial charge in [-0.3, -0.25) is 4.79 Å². The van der Waals surface area contributed by atoms with Crippen LogP contribution in [-0.4, -0.2) is 28.2 Å². The van der Waals surface area contributed by atoms with E-state index >= 15 is 0 Å². The van der Waals surface area contributed by atoms with E-state index in [0.717, 1.165) is 12.8 Å². The number of carboxylic acid groups (broad SMARTS) is 1. The molecule has 1 aliphatic rings. The number of aliphatic carboxylic acids is 1. The largest absolute Gasteiger partial charge is 0.480 e. The second-order valence-electron chi connectivity index (χ2n) is 6.00. The van der Waals surface area contributed by atoms with Gasteiger partial charge >= 0.3 is 5.97 Å². The van der Waals surface area contributed by atoms with Crippen LogP contribution in [0.15, 0.2) is 10.6 Å². The average Bonchev–Trinajstić information content (AvgIpc) is 3.02. The minimum Gasteiger partial charge on any atom is -0.480 e. The maximum atomic E-state index is 12.0. The van der Waals surface area contributed by atoms with Gasteiger partial charge in [-0.2, -0.15) is 0 Å². The number of carboxylic acids is 1. The molecular weight excluding hydrogens is 248 g/mol. The Balaban J connectivity index is 2.07. The van der Waals surface area contributed by atoms with Crippen molar-refractivity contribution in [1.82, 2.24) is 10.5 Å². The van der Waals surface area contributed by atoms with Gasteiger partial charge in [-0.05, 0) is 18.3 Å². The van der Waals surface area contributed by atoms with Crippen LogP contribution in [-0.2, 0) is 4.79 Å². The van der Waals surface area contributed by atoms with Crippen molar-refractivity contribution in [2.75, 3.05) is 0 Å². The minimum absolute atomic E-state index is 0.136. The molecule has 1 heterocycles. The summed E-state index contributed by atoms with van der Waals surface area (Å²) in [4.78, 5) is 23.1. The Labute approximate surface area is 111 Å². The zero-order chi connectivity index (χ0) is 14.2. The van der Waals surface area contributed by atoms with Crippen LogP contribution in [0.1, 0.15) is 55.8 Å². The summed E-state index contributed by atoms with van der Waals surface area (Å²) in [6.45, 7) is 5.26. The number of carbonyl (C=O) groups excluding carboxylic acids is 1. The standard InChI is InChI=1S/C13H18N2O4/c1-13(2,3)10(12(17)18)14-11(16)8-6-9(19-15-8)7-4-5-7/h6-7,10H,4-5H2,1-3H3,(H,14,16)(H,17,18). The van der Waals surface area contributed by atoms with E-state index in [2.05, 4.69) is 10.5 Å². The van der Waals surface area contributed by atoms with Crippen LogP contribution in [0.25, 0.3) is 0 Å². The quantitative estimate of drug-likeness (QED) is 0.866. The Hall–Kier alpha value is -1.85. The first-order valence-electron chi connectivity index (χ1n) is 6.29. The average molecular weight is 266 g/mol. The lowest BCUT2D eigenvalue weighted by Gasteiger charge is -2.27. The topological polar surface area (TPSA) is 92.4 Å². The first-order valence-corrected chi connectivity index (χ1v) is 6.29. The van der Waals surface area contributed by atoms with E-state index in [1.165, 1.54) is 0 Å². The van der Waals surface area contributed by atoms with Crippen LogP contribution in [0.3, 0.4) is 0 Å². The summed E-state index contributed by atoms with van der Waals surface area (Å²) >= 11 is 0. The third-order valence-electron chi connectivity index (χ3n) is 3.13. The molecule has 0 saturated heterocycles. The molecule has 6 heteroatoms. The number of amides is 1. The van der Waals surface area contributed by atoms with Gasteiger partial charge in [0.2, 0.25) is 0 Å². The summed E-state index contributed by atoms with van der Waals surface area (Å²) in [5, 5.41) is 15.3. The maximum Gasteiger partial charge on any atom is 0.326 e. The molecule has 0 aromatic carbocycles. The molecule has 1 aromatic heterocycles. The third kappa shape index (κ3) is 3.13. The maximum absolute atomic E-state index is 12.0. The molecule has 0 spiro atoms. The molecule has 1 fully saturated rings. The van der Waals surface area contributed by atoms with Crippen molar-refractivity contribution in [2.45, 2.75) is 45.6 Å². The number of nitrogens with one attached hydrogen (secondary N) is 1. The molecule has 1 amide bonds. The molecule has 0 aliphatic heterocycles. The molecule has 1 unspecified atom stereocenters. The summed E-state index contributed by atoms with van der Waals surface area (Å²) in [7, 11) is 0. The summed E-state index contributed by atoms with van der Waals surface area (Å²) < 4.78 is 5.08. The van der Waals surface area contributed by atoms with Crippen molar-refractivity contribution in [3.63, 3.8) is 0 Å². The van der Waals surface area contributed by atoms with Gasteiger partial charge in [0.1, 0.15) is 11.8 Å². The van der Waals surface area contributed by atoms with E-state index in [4.69, 9.17) is 9.63 Å². The highest BCUT2D eigenvalue weighted by Crippen LogP contribution is 2.40. The van der Waals surface area contributed by atoms with Crippen LogP contribution in [0.4, 0.5) is 0 Å². The van der Waals surface area contributed by atoms with Gasteiger partial charge in [0.05, 0.1) is 0 Å². The molecule has 1 aromatic rings. The highest BCUT2D eigenvalue weighted by atomic mass is 16.5. The second kappa shape index (κ2) is 4.68. The minimum atomic E-state index is -1.06. The SMILES string of the molecule is CC(C)(C)C(NC(=O)c1cc(C2CC2)on1)C(=O)O. The van der Waals surface area contributed by atoms with Gasteiger partial charge in [0.15, 0.2) is 5.69 Å². The van der Waals surface area contributed by atoms with E-state index in [9.17, 15) is 9.59 Å². The van der Waals surface area contributed by atoms with Crippen molar-refractivity contribution in [2.24, 2.45) is 5.41 Å². The number of rotatable bonds is 4. The zero-order valence-electron chi connectivity index (χ0n) is 11.3. The van der Waals surface area contributed by atoms with Crippen LogP contribution < -0.4 is 5.32 Å². The van der Waals surface area contributed by atoms with Crippen molar-refractivity contribution < 1.29 is 19.2 Å². The smallest absolute Gasteiger partial charge is 0.326 e. The van der Waals surface area contributed by atoms with Crippen LogP contribution in [0, 0.1) is 5.41 Å². The van der Waals surface area contributed by atoms with Crippen molar-refractivity contribution >= 4 is 11.9 Å². The number of aromatic nitrogens is 1.